The van der Waals surface area contributed by atoms with Crippen molar-refractivity contribution in [2.24, 2.45) is 4.99 Å². The van der Waals surface area contributed by atoms with Crippen molar-refractivity contribution >= 4 is 11.9 Å². The van der Waals surface area contributed by atoms with Crippen LogP contribution in [0.2, 0.25) is 0 Å². The van der Waals surface area contributed by atoms with Gasteiger partial charge in [-0.15, -0.1) is 0 Å². The van der Waals surface area contributed by atoms with E-state index < -0.39 is 0 Å². The van der Waals surface area contributed by atoms with Crippen molar-refractivity contribution in [2.75, 3.05) is 13.1 Å². The molecular formula is C12H22N4O. The molecule has 2 fully saturated rings. The summed E-state index contributed by atoms with van der Waals surface area (Å²) in [5, 5.41) is 9.72. The Hall–Kier alpha value is -1.26. The van der Waals surface area contributed by atoms with Crippen molar-refractivity contribution in [3.05, 3.63) is 0 Å². The summed E-state index contributed by atoms with van der Waals surface area (Å²) < 4.78 is 0. The number of carbonyl (C=O) groups excluding carboxylic acids is 1. The molecule has 2 rings (SSSR count). The molecule has 1 amide bonds. The van der Waals surface area contributed by atoms with Gasteiger partial charge in [0.15, 0.2) is 5.96 Å². The monoisotopic (exact) mass is 238 g/mol. The van der Waals surface area contributed by atoms with Crippen LogP contribution in [0.3, 0.4) is 0 Å². The van der Waals surface area contributed by atoms with E-state index in [1.165, 1.54) is 19.3 Å². The number of nitrogens with zero attached hydrogens (tertiary/aromatic N) is 1. The van der Waals surface area contributed by atoms with Gasteiger partial charge >= 0.3 is 0 Å². The first kappa shape index (κ1) is 12.2. The number of guanidine groups is 1. The van der Waals surface area contributed by atoms with Crippen LogP contribution in [0.4, 0.5) is 0 Å². The minimum atomic E-state index is 0.156. The van der Waals surface area contributed by atoms with Crippen LogP contribution in [0.1, 0.15) is 39.0 Å². The lowest BCUT2D eigenvalue weighted by Crippen LogP contribution is -2.54. The third-order valence-corrected chi connectivity index (χ3v) is 3.37. The van der Waals surface area contributed by atoms with E-state index in [4.69, 9.17) is 0 Å². The van der Waals surface area contributed by atoms with Crippen molar-refractivity contribution in [1.29, 1.82) is 0 Å². The van der Waals surface area contributed by atoms with Crippen LogP contribution < -0.4 is 16.0 Å². The van der Waals surface area contributed by atoms with Gasteiger partial charge in [0, 0.05) is 31.6 Å². The van der Waals surface area contributed by atoms with Crippen LogP contribution in [0, 0.1) is 0 Å². The first-order chi connectivity index (χ1) is 8.28. The molecule has 2 aliphatic rings. The molecule has 1 heterocycles. The highest BCUT2D eigenvalue weighted by atomic mass is 16.1. The molecule has 3 N–H and O–H groups in total. The van der Waals surface area contributed by atoms with E-state index in [1.54, 1.807) is 0 Å². The molecular weight excluding hydrogens is 216 g/mol. The maximum atomic E-state index is 11.1. The lowest BCUT2D eigenvalue weighted by molar-refractivity contribution is -0.122. The SMILES string of the molecule is CCN=C(NC1CCC1)NC1CCC(=O)NC1. The smallest absolute Gasteiger partial charge is 0.220 e. The average Bonchev–Trinajstić information content (AvgIpc) is 2.27. The molecule has 1 saturated heterocycles. The Morgan fingerprint density at radius 2 is 2.12 bits per heavy atom. The summed E-state index contributed by atoms with van der Waals surface area (Å²) in [6.45, 7) is 3.52. The highest BCUT2D eigenvalue weighted by Crippen LogP contribution is 2.17. The van der Waals surface area contributed by atoms with Crippen molar-refractivity contribution in [1.82, 2.24) is 16.0 Å². The van der Waals surface area contributed by atoms with Gasteiger partial charge in [-0.3, -0.25) is 9.79 Å². The molecule has 5 nitrogen and oxygen atoms in total. The summed E-state index contributed by atoms with van der Waals surface area (Å²) in [4.78, 5) is 15.5. The molecule has 1 unspecified atom stereocenters. The average molecular weight is 238 g/mol. The first-order valence-corrected chi connectivity index (χ1v) is 6.62. The zero-order valence-electron chi connectivity index (χ0n) is 10.5. The van der Waals surface area contributed by atoms with E-state index in [0.29, 0.717) is 25.0 Å². The molecule has 0 aromatic rings. The van der Waals surface area contributed by atoms with Gasteiger partial charge in [0.2, 0.25) is 5.91 Å². The van der Waals surface area contributed by atoms with Crippen LogP contribution >= 0.6 is 0 Å². The van der Waals surface area contributed by atoms with Gasteiger partial charge in [-0.25, -0.2) is 0 Å². The normalized spacial score (nSPS) is 26.1. The van der Waals surface area contributed by atoms with Gasteiger partial charge in [-0.05, 0) is 32.6 Å². The van der Waals surface area contributed by atoms with E-state index in [9.17, 15) is 4.79 Å². The van der Waals surface area contributed by atoms with E-state index in [2.05, 4.69) is 20.9 Å². The van der Waals surface area contributed by atoms with E-state index in [-0.39, 0.29) is 5.91 Å². The lowest BCUT2D eigenvalue weighted by atomic mass is 9.93. The van der Waals surface area contributed by atoms with Crippen molar-refractivity contribution in [3.8, 4) is 0 Å². The van der Waals surface area contributed by atoms with Crippen LogP contribution in [-0.4, -0.2) is 37.0 Å². The van der Waals surface area contributed by atoms with Gasteiger partial charge in [-0.2, -0.15) is 0 Å². The molecule has 1 atom stereocenters. The highest BCUT2D eigenvalue weighted by Gasteiger charge is 2.22. The Balaban J connectivity index is 1.79. The van der Waals surface area contributed by atoms with Crippen LogP contribution in [0.25, 0.3) is 0 Å². The maximum Gasteiger partial charge on any atom is 0.220 e. The predicted octanol–water partition coefficient (Wildman–Crippen LogP) is 0.373. The van der Waals surface area contributed by atoms with Gasteiger partial charge in [0.25, 0.3) is 0 Å². The summed E-state index contributed by atoms with van der Waals surface area (Å²) in [7, 11) is 0. The van der Waals surface area contributed by atoms with E-state index in [1.807, 2.05) is 6.92 Å². The number of hydrogen-bond acceptors (Lipinski definition) is 2. The highest BCUT2D eigenvalue weighted by molar-refractivity contribution is 5.81. The van der Waals surface area contributed by atoms with E-state index in [0.717, 1.165) is 18.9 Å². The number of rotatable bonds is 3. The van der Waals surface area contributed by atoms with E-state index >= 15 is 0 Å². The summed E-state index contributed by atoms with van der Waals surface area (Å²) >= 11 is 0. The third kappa shape index (κ3) is 3.61. The summed E-state index contributed by atoms with van der Waals surface area (Å²) in [5.74, 6) is 1.06. The first-order valence-electron chi connectivity index (χ1n) is 6.62. The number of nitrogens with one attached hydrogen (secondary N) is 3. The Bertz CT molecular complexity index is 289. The van der Waals surface area contributed by atoms with Gasteiger partial charge < -0.3 is 16.0 Å². The van der Waals surface area contributed by atoms with Gasteiger partial charge in [0.05, 0.1) is 0 Å². The zero-order valence-corrected chi connectivity index (χ0v) is 10.5. The largest absolute Gasteiger partial charge is 0.354 e. The number of carbonyl (C=O) groups is 1. The quantitative estimate of drug-likeness (QED) is 0.492. The van der Waals surface area contributed by atoms with Crippen LogP contribution in [-0.2, 0) is 4.79 Å². The van der Waals surface area contributed by atoms with Crippen molar-refractivity contribution < 1.29 is 4.79 Å². The molecule has 0 radical (unpaired) electrons. The Kier molecular flexibility index (Phi) is 4.23. The molecule has 96 valence electrons. The summed E-state index contributed by atoms with van der Waals surface area (Å²) in [6, 6.07) is 0.900. The molecule has 0 bridgehead atoms. The molecule has 0 aromatic heterocycles. The fourth-order valence-corrected chi connectivity index (χ4v) is 2.09. The summed E-state index contributed by atoms with van der Waals surface area (Å²) in [5.41, 5.74) is 0. The zero-order chi connectivity index (χ0) is 12.1. The van der Waals surface area contributed by atoms with Gasteiger partial charge in [0.1, 0.15) is 0 Å². The minimum absolute atomic E-state index is 0.156. The minimum Gasteiger partial charge on any atom is -0.354 e. The van der Waals surface area contributed by atoms with Crippen LogP contribution in [0.5, 0.6) is 0 Å². The third-order valence-electron chi connectivity index (χ3n) is 3.37. The fourth-order valence-electron chi connectivity index (χ4n) is 2.09. The summed E-state index contributed by atoms with van der Waals surface area (Å²) in [6.07, 6.45) is 5.30. The Labute approximate surface area is 102 Å². The topological polar surface area (TPSA) is 65.5 Å². The standard InChI is InChI=1S/C12H22N4O/c1-2-13-12(15-9-4-3-5-9)16-10-6-7-11(17)14-8-10/h9-10H,2-8H2,1H3,(H,14,17)(H2,13,15,16). The second-order valence-corrected chi connectivity index (χ2v) is 4.78. The fraction of sp³-hybridized carbons (Fsp3) is 0.833. The van der Waals surface area contributed by atoms with Gasteiger partial charge in [-0.1, -0.05) is 0 Å². The molecule has 1 saturated carbocycles. The molecule has 0 spiro atoms. The molecule has 17 heavy (non-hydrogen) atoms. The van der Waals surface area contributed by atoms with Crippen LogP contribution in [0.15, 0.2) is 4.99 Å². The number of amides is 1. The van der Waals surface area contributed by atoms with Crippen molar-refractivity contribution in [2.45, 2.75) is 51.1 Å². The van der Waals surface area contributed by atoms with Crippen molar-refractivity contribution in [3.63, 3.8) is 0 Å². The molecule has 0 aromatic carbocycles. The second-order valence-electron chi connectivity index (χ2n) is 4.78. The Morgan fingerprint density at radius 1 is 1.35 bits per heavy atom. The predicted molar refractivity (Wildman–Crippen MR) is 67.9 cm³/mol. The lowest BCUT2D eigenvalue weighted by Gasteiger charge is -2.31. The number of piperidine rings is 1. The maximum absolute atomic E-state index is 11.1. The number of hydrogen-bond donors (Lipinski definition) is 3. The molecule has 1 aliphatic carbocycles. The molecule has 1 aliphatic heterocycles. The number of aliphatic imine (C=N–C) groups is 1. The Morgan fingerprint density at radius 3 is 2.65 bits per heavy atom. The molecule has 5 heteroatoms. The second kappa shape index (κ2) is 5.89.